The van der Waals surface area contributed by atoms with Crippen molar-refractivity contribution in [2.45, 2.75) is 45.1 Å². The van der Waals surface area contributed by atoms with E-state index in [2.05, 4.69) is 11.9 Å². The molecule has 0 saturated heterocycles. The molecule has 1 aromatic heterocycles. The van der Waals surface area contributed by atoms with Crippen molar-refractivity contribution in [3.8, 4) is 0 Å². The molecule has 1 unspecified atom stereocenters. The summed E-state index contributed by atoms with van der Waals surface area (Å²) in [6, 6.07) is 0. The summed E-state index contributed by atoms with van der Waals surface area (Å²) in [5, 5.41) is 12.4. The standard InChI is InChI=1S/C10H17NOS/c1-2-3-4-5-6-9(12)10-11-7-8-13-10/h7-9,12H,2-6H2,1H3. The van der Waals surface area contributed by atoms with Crippen LogP contribution in [0.1, 0.15) is 50.1 Å². The second kappa shape index (κ2) is 6.11. The number of aliphatic hydroxyl groups is 1. The van der Waals surface area contributed by atoms with Gasteiger partial charge in [0.15, 0.2) is 0 Å². The monoisotopic (exact) mass is 199 g/mol. The molecule has 3 heteroatoms. The fourth-order valence-corrected chi connectivity index (χ4v) is 1.94. The molecule has 1 rings (SSSR count). The fourth-order valence-electron chi connectivity index (χ4n) is 1.29. The lowest BCUT2D eigenvalue weighted by Crippen LogP contribution is -1.96. The number of aromatic nitrogens is 1. The van der Waals surface area contributed by atoms with Crippen molar-refractivity contribution < 1.29 is 5.11 Å². The average molecular weight is 199 g/mol. The van der Waals surface area contributed by atoms with Crippen molar-refractivity contribution in [3.63, 3.8) is 0 Å². The zero-order valence-electron chi connectivity index (χ0n) is 8.07. The van der Waals surface area contributed by atoms with Gasteiger partial charge >= 0.3 is 0 Å². The van der Waals surface area contributed by atoms with Gasteiger partial charge in [-0.3, -0.25) is 0 Å². The molecule has 0 bridgehead atoms. The molecule has 0 aliphatic heterocycles. The number of hydrogen-bond donors (Lipinski definition) is 1. The smallest absolute Gasteiger partial charge is 0.121 e. The van der Waals surface area contributed by atoms with Crippen LogP contribution in [0.4, 0.5) is 0 Å². The van der Waals surface area contributed by atoms with E-state index in [1.807, 2.05) is 5.38 Å². The molecule has 0 saturated carbocycles. The molecular formula is C10H17NOS. The van der Waals surface area contributed by atoms with Crippen molar-refractivity contribution in [1.82, 2.24) is 4.98 Å². The van der Waals surface area contributed by atoms with Gasteiger partial charge < -0.3 is 5.11 Å². The van der Waals surface area contributed by atoms with E-state index >= 15 is 0 Å². The predicted octanol–water partition coefficient (Wildman–Crippen LogP) is 3.15. The molecule has 0 spiro atoms. The molecule has 13 heavy (non-hydrogen) atoms. The third-order valence-corrected chi connectivity index (χ3v) is 2.94. The van der Waals surface area contributed by atoms with Crippen LogP contribution in [-0.4, -0.2) is 10.1 Å². The number of unbranched alkanes of at least 4 members (excludes halogenated alkanes) is 3. The minimum Gasteiger partial charge on any atom is -0.386 e. The van der Waals surface area contributed by atoms with Crippen LogP contribution in [0, 0.1) is 0 Å². The van der Waals surface area contributed by atoms with Crippen LogP contribution in [0.2, 0.25) is 0 Å². The van der Waals surface area contributed by atoms with Crippen LogP contribution in [0.5, 0.6) is 0 Å². The second-order valence-electron chi connectivity index (χ2n) is 3.24. The van der Waals surface area contributed by atoms with Gasteiger partial charge in [-0.1, -0.05) is 32.6 Å². The van der Waals surface area contributed by atoms with E-state index in [4.69, 9.17) is 0 Å². The number of nitrogens with zero attached hydrogens (tertiary/aromatic N) is 1. The Morgan fingerprint density at radius 1 is 1.46 bits per heavy atom. The third-order valence-electron chi connectivity index (χ3n) is 2.07. The van der Waals surface area contributed by atoms with Gasteiger partial charge in [-0.15, -0.1) is 11.3 Å². The van der Waals surface area contributed by atoms with Gasteiger partial charge in [0.2, 0.25) is 0 Å². The summed E-state index contributed by atoms with van der Waals surface area (Å²) in [6.07, 6.45) is 7.10. The lowest BCUT2D eigenvalue weighted by atomic mass is 10.1. The molecule has 1 atom stereocenters. The molecule has 1 aromatic rings. The predicted molar refractivity (Wildman–Crippen MR) is 55.8 cm³/mol. The van der Waals surface area contributed by atoms with E-state index in [0.717, 1.165) is 17.8 Å². The summed E-state index contributed by atoms with van der Waals surface area (Å²) in [7, 11) is 0. The van der Waals surface area contributed by atoms with E-state index in [1.54, 1.807) is 6.20 Å². The Kier molecular flexibility index (Phi) is 5.01. The van der Waals surface area contributed by atoms with Crippen molar-refractivity contribution >= 4 is 11.3 Å². The van der Waals surface area contributed by atoms with Gasteiger partial charge in [0.25, 0.3) is 0 Å². The van der Waals surface area contributed by atoms with Gasteiger partial charge in [-0.05, 0) is 6.42 Å². The van der Waals surface area contributed by atoms with Gasteiger partial charge in [0.1, 0.15) is 11.1 Å². The molecule has 0 amide bonds. The Morgan fingerprint density at radius 3 is 2.92 bits per heavy atom. The van der Waals surface area contributed by atoms with E-state index in [-0.39, 0.29) is 6.10 Å². The molecule has 2 nitrogen and oxygen atoms in total. The molecule has 1 N–H and O–H groups in total. The van der Waals surface area contributed by atoms with Crippen molar-refractivity contribution in [2.24, 2.45) is 0 Å². The summed E-state index contributed by atoms with van der Waals surface area (Å²) < 4.78 is 0. The maximum absolute atomic E-state index is 9.66. The van der Waals surface area contributed by atoms with E-state index in [9.17, 15) is 5.11 Å². The van der Waals surface area contributed by atoms with E-state index < -0.39 is 0 Å². The summed E-state index contributed by atoms with van der Waals surface area (Å²) in [5.41, 5.74) is 0. The molecule has 0 fully saturated rings. The molecule has 0 radical (unpaired) electrons. The molecule has 1 heterocycles. The maximum Gasteiger partial charge on any atom is 0.121 e. The Bertz CT molecular complexity index is 211. The van der Waals surface area contributed by atoms with Crippen LogP contribution in [0.25, 0.3) is 0 Å². The minimum atomic E-state index is -0.336. The topological polar surface area (TPSA) is 33.1 Å². The van der Waals surface area contributed by atoms with Crippen LogP contribution in [-0.2, 0) is 0 Å². The SMILES string of the molecule is CCCCCCC(O)c1nccs1. The third kappa shape index (κ3) is 3.87. The largest absolute Gasteiger partial charge is 0.386 e. The Hall–Kier alpha value is -0.410. The Labute approximate surface area is 83.6 Å². The summed E-state index contributed by atoms with van der Waals surface area (Å²) in [4.78, 5) is 4.08. The summed E-state index contributed by atoms with van der Waals surface area (Å²) >= 11 is 1.53. The minimum absolute atomic E-state index is 0.336. The lowest BCUT2D eigenvalue weighted by Gasteiger charge is -2.05. The number of hydrogen-bond acceptors (Lipinski definition) is 3. The highest BCUT2D eigenvalue weighted by atomic mass is 32.1. The first-order valence-corrected chi connectivity index (χ1v) is 5.80. The molecular weight excluding hydrogens is 182 g/mol. The van der Waals surface area contributed by atoms with Crippen molar-refractivity contribution in [2.75, 3.05) is 0 Å². The highest BCUT2D eigenvalue weighted by Gasteiger charge is 2.08. The lowest BCUT2D eigenvalue weighted by molar-refractivity contribution is 0.163. The second-order valence-corrected chi connectivity index (χ2v) is 4.16. The first kappa shape index (κ1) is 10.7. The molecule has 74 valence electrons. The van der Waals surface area contributed by atoms with E-state index in [1.165, 1.54) is 30.6 Å². The van der Waals surface area contributed by atoms with Gasteiger partial charge in [-0.2, -0.15) is 0 Å². The first-order valence-electron chi connectivity index (χ1n) is 4.92. The summed E-state index contributed by atoms with van der Waals surface area (Å²) in [6.45, 7) is 2.19. The van der Waals surface area contributed by atoms with Crippen molar-refractivity contribution in [3.05, 3.63) is 16.6 Å². The Balaban J connectivity index is 2.15. The van der Waals surface area contributed by atoms with Gasteiger partial charge in [0.05, 0.1) is 0 Å². The maximum atomic E-state index is 9.66. The van der Waals surface area contributed by atoms with Crippen LogP contribution >= 0.6 is 11.3 Å². The van der Waals surface area contributed by atoms with Crippen LogP contribution in [0.15, 0.2) is 11.6 Å². The highest BCUT2D eigenvalue weighted by Crippen LogP contribution is 2.21. The fraction of sp³-hybridized carbons (Fsp3) is 0.700. The van der Waals surface area contributed by atoms with Crippen LogP contribution < -0.4 is 0 Å². The molecule has 0 aliphatic carbocycles. The molecule has 0 aliphatic rings. The number of rotatable bonds is 6. The number of thiazole rings is 1. The normalized spacial score (nSPS) is 13.1. The zero-order valence-corrected chi connectivity index (χ0v) is 8.89. The summed E-state index contributed by atoms with van der Waals surface area (Å²) in [5.74, 6) is 0. The van der Waals surface area contributed by atoms with Crippen LogP contribution in [0.3, 0.4) is 0 Å². The van der Waals surface area contributed by atoms with E-state index in [0.29, 0.717) is 0 Å². The van der Waals surface area contributed by atoms with Gasteiger partial charge in [-0.25, -0.2) is 4.98 Å². The average Bonchev–Trinajstić information content (AvgIpc) is 2.65. The zero-order chi connectivity index (χ0) is 9.52. The quantitative estimate of drug-likeness (QED) is 0.714. The van der Waals surface area contributed by atoms with Crippen molar-refractivity contribution in [1.29, 1.82) is 0 Å². The van der Waals surface area contributed by atoms with Gasteiger partial charge in [0, 0.05) is 11.6 Å². The Morgan fingerprint density at radius 2 is 2.31 bits per heavy atom. The number of aliphatic hydroxyl groups excluding tert-OH is 1. The molecule has 0 aromatic carbocycles. The highest BCUT2D eigenvalue weighted by molar-refractivity contribution is 7.09. The first-order chi connectivity index (χ1) is 6.34.